The van der Waals surface area contributed by atoms with E-state index in [0.717, 1.165) is 17.1 Å². The molecule has 0 bridgehead atoms. The van der Waals surface area contributed by atoms with E-state index >= 15 is 0 Å². The monoisotopic (exact) mass is 246 g/mol. The Hall–Kier alpha value is -1.38. The molecule has 2 aromatic rings. The number of aromatic nitrogens is 2. The average molecular weight is 246 g/mol. The standard InChI is InChI=1S/C15H22N2O/c1-8(2)11-7-12(9(3)4)16-15-13(11)17-14(18-15)10(5)6/h7-10H,1-6H3. The number of pyridine rings is 1. The zero-order valence-electron chi connectivity index (χ0n) is 12.1. The SMILES string of the molecule is CC(C)c1cc(C(C)C)c2nc(C(C)C)oc2n1. The summed E-state index contributed by atoms with van der Waals surface area (Å²) in [4.78, 5) is 9.20. The predicted molar refractivity (Wildman–Crippen MR) is 74.1 cm³/mol. The second kappa shape index (κ2) is 4.71. The number of hydrogen-bond donors (Lipinski definition) is 0. The van der Waals surface area contributed by atoms with Crippen molar-refractivity contribution in [2.45, 2.75) is 59.3 Å². The Balaban J connectivity index is 2.69. The summed E-state index contributed by atoms with van der Waals surface area (Å²) in [5, 5.41) is 0. The van der Waals surface area contributed by atoms with Crippen molar-refractivity contribution in [1.29, 1.82) is 0 Å². The van der Waals surface area contributed by atoms with Crippen LogP contribution >= 0.6 is 0 Å². The van der Waals surface area contributed by atoms with Crippen LogP contribution in [0, 0.1) is 0 Å². The van der Waals surface area contributed by atoms with Gasteiger partial charge < -0.3 is 4.42 Å². The highest BCUT2D eigenvalue weighted by atomic mass is 16.4. The smallest absolute Gasteiger partial charge is 0.247 e. The van der Waals surface area contributed by atoms with Gasteiger partial charge in [-0.15, -0.1) is 0 Å². The van der Waals surface area contributed by atoms with Gasteiger partial charge in [-0.05, 0) is 23.5 Å². The van der Waals surface area contributed by atoms with Crippen molar-refractivity contribution >= 4 is 11.2 Å². The zero-order valence-corrected chi connectivity index (χ0v) is 12.1. The van der Waals surface area contributed by atoms with Crippen LogP contribution < -0.4 is 0 Å². The lowest BCUT2D eigenvalue weighted by Gasteiger charge is -2.10. The molecule has 0 saturated carbocycles. The Morgan fingerprint density at radius 2 is 1.56 bits per heavy atom. The fourth-order valence-electron chi connectivity index (χ4n) is 1.95. The van der Waals surface area contributed by atoms with Gasteiger partial charge in [0.25, 0.3) is 0 Å². The van der Waals surface area contributed by atoms with Crippen molar-refractivity contribution in [3.05, 3.63) is 23.2 Å². The molecule has 0 aliphatic rings. The molecular weight excluding hydrogens is 224 g/mol. The highest BCUT2D eigenvalue weighted by Gasteiger charge is 2.17. The van der Waals surface area contributed by atoms with E-state index in [1.807, 2.05) is 0 Å². The zero-order chi connectivity index (χ0) is 13.4. The lowest BCUT2D eigenvalue weighted by atomic mass is 9.99. The Kier molecular flexibility index (Phi) is 3.42. The molecular formula is C15H22N2O. The average Bonchev–Trinajstić information content (AvgIpc) is 2.70. The maximum absolute atomic E-state index is 5.79. The van der Waals surface area contributed by atoms with Crippen molar-refractivity contribution < 1.29 is 4.42 Å². The molecule has 0 spiro atoms. The summed E-state index contributed by atoms with van der Waals surface area (Å²) in [6.45, 7) is 12.8. The largest absolute Gasteiger partial charge is 0.422 e. The van der Waals surface area contributed by atoms with Crippen molar-refractivity contribution in [2.75, 3.05) is 0 Å². The Morgan fingerprint density at radius 3 is 2.06 bits per heavy atom. The molecule has 2 rings (SSSR count). The molecule has 3 heteroatoms. The van der Waals surface area contributed by atoms with Crippen molar-refractivity contribution in [3.63, 3.8) is 0 Å². The van der Waals surface area contributed by atoms with Gasteiger partial charge in [0.05, 0.1) is 0 Å². The Bertz CT molecular complexity index is 553. The maximum Gasteiger partial charge on any atom is 0.247 e. The maximum atomic E-state index is 5.79. The minimum atomic E-state index is 0.293. The molecule has 0 N–H and O–H groups in total. The van der Waals surface area contributed by atoms with E-state index in [-0.39, 0.29) is 0 Å². The molecule has 0 unspecified atom stereocenters. The summed E-state index contributed by atoms with van der Waals surface area (Å²) in [6, 6.07) is 2.17. The summed E-state index contributed by atoms with van der Waals surface area (Å²) in [5.74, 6) is 1.90. The lowest BCUT2D eigenvalue weighted by molar-refractivity contribution is 0.493. The van der Waals surface area contributed by atoms with Crippen molar-refractivity contribution in [1.82, 2.24) is 9.97 Å². The van der Waals surface area contributed by atoms with Gasteiger partial charge in [0.1, 0.15) is 5.52 Å². The third kappa shape index (κ3) is 2.26. The first-order chi connectivity index (χ1) is 8.40. The van der Waals surface area contributed by atoms with Crippen LogP contribution in [0.2, 0.25) is 0 Å². The normalized spacial score (nSPS) is 12.3. The molecule has 3 nitrogen and oxygen atoms in total. The quantitative estimate of drug-likeness (QED) is 0.794. The minimum Gasteiger partial charge on any atom is -0.422 e. The molecule has 0 fully saturated rings. The van der Waals surface area contributed by atoms with Gasteiger partial charge in [0.15, 0.2) is 5.89 Å². The van der Waals surface area contributed by atoms with Crippen LogP contribution in [0.15, 0.2) is 10.5 Å². The molecule has 0 aromatic carbocycles. The number of oxazole rings is 1. The van der Waals surface area contributed by atoms with Crippen LogP contribution in [0.5, 0.6) is 0 Å². The molecule has 18 heavy (non-hydrogen) atoms. The first-order valence-corrected chi connectivity index (χ1v) is 6.71. The topological polar surface area (TPSA) is 38.9 Å². The van der Waals surface area contributed by atoms with Crippen molar-refractivity contribution in [2.24, 2.45) is 0 Å². The second-order valence-corrected chi connectivity index (χ2v) is 5.81. The minimum absolute atomic E-state index is 0.293. The van der Waals surface area contributed by atoms with E-state index in [2.05, 4.69) is 57.6 Å². The third-order valence-electron chi connectivity index (χ3n) is 3.14. The molecule has 0 aliphatic heterocycles. The summed E-state index contributed by atoms with van der Waals surface area (Å²) < 4.78 is 5.79. The van der Waals surface area contributed by atoms with Crippen LogP contribution in [0.1, 0.15) is 76.4 Å². The highest BCUT2D eigenvalue weighted by molar-refractivity contribution is 5.74. The second-order valence-electron chi connectivity index (χ2n) is 5.81. The van der Waals surface area contributed by atoms with E-state index in [4.69, 9.17) is 4.42 Å². The first-order valence-electron chi connectivity index (χ1n) is 6.71. The molecule has 0 aliphatic carbocycles. The molecule has 0 atom stereocenters. The van der Waals surface area contributed by atoms with Gasteiger partial charge in [-0.1, -0.05) is 41.5 Å². The summed E-state index contributed by atoms with van der Waals surface area (Å²) >= 11 is 0. The van der Waals surface area contributed by atoms with Crippen molar-refractivity contribution in [3.8, 4) is 0 Å². The summed E-state index contributed by atoms with van der Waals surface area (Å²) in [7, 11) is 0. The Morgan fingerprint density at radius 1 is 0.889 bits per heavy atom. The van der Waals surface area contributed by atoms with Crippen LogP contribution in [0.25, 0.3) is 11.2 Å². The van der Waals surface area contributed by atoms with Gasteiger partial charge >= 0.3 is 0 Å². The molecule has 0 saturated heterocycles. The fraction of sp³-hybridized carbons (Fsp3) is 0.600. The summed E-state index contributed by atoms with van der Waals surface area (Å²) in [6.07, 6.45) is 0. The van der Waals surface area contributed by atoms with Gasteiger partial charge in [-0.3, -0.25) is 0 Å². The van der Waals surface area contributed by atoms with Crippen LogP contribution in [-0.2, 0) is 0 Å². The molecule has 0 radical (unpaired) electrons. The van der Waals surface area contributed by atoms with E-state index in [1.54, 1.807) is 0 Å². The third-order valence-corrected chi connectivity index (χ3v) is 3.14. The number of rotatable bonds is 3. The van der Waals surface area contributed by atoms with E-state index in [9.17, 15) is 0 Å². The molecule has 98 valence electrons. The Labute approximate surface area is 109 Å². The molecule has 2 aromatic heterocycles. The summed E-state index contributed by atoms with van der Waals surface area (Å²) in [5.41, 5.74) is 3.93. The lowest BCUT2D eigenvalue weighted by Crippen LogP contribution is -1.98. The highest BCUT2D eigenvalue weighted by Crippen LogP contribution is 2.29. The van der Waals surface area contributed by atoms with E-state index in [1.165, 1.54) is 5.56 Å². The van der Waals surface area contributed by atoms with Gasteiger partial charge in [-0.2, -0.15) is 0 Å². The number of nitrogens with zero attached hydrogens (tertiary/aromatic N) is 2. The van der Waals surface area contributed by atoms with Gasteiger partial charge in [-0.25, -0.2) is 9.97 Å². The van der Waals surface area contributed by atoms with Crippen LogP contribution in [0.3, 0.4) is 0 Å². The fourth-order valence-corrected chi connectivity index (χ4v) is 1.95. The molecule has 0 amide bonds. The number of hydrogen-bond acceptors (Lipinski definition) is 3. The number of fused-ring (bicyclic) bond motifs is 1. The van der Waals surface area contributed by atoms with Crippen LogP contribution in [-0.4, -0.2) is 9.97 Å². The van der Waals surface area contributed by atoms with E-state index < -0.39 is 0 Å². The van der Waals surface area contributed by atoms with Crippen LogP contribution in [0.4, 0.5) is 0 Å². The molecule has 2 heterocycles. The first kappa shape index (κ1) is 13.1. The predicted octanol–water partition coefficient (Wildman–Crippen LogP) is 4.59. The van der Waals surface area contributed by atoms with Gasteiger partial charge in [0.2, 0.25) is 5.71 Å². The van der Waals surface area contributed by atoms with Gasteiger partial charge in [0, 0.05) is 11.6 Å². The van der Waals surface area contributed by atoms with E-state index in [0.29, 0.717) is 23.5 Å².